The normalized spacial score (nSPS) is 17.3. The zero-order valence-electron chi connectivity index (χ0n) is 17.8. The molecular weight excluding hydrogens is 362 g/mol. The van der Waals surface area contributed by atoms with Crippen LogP contribution in [0, 0.1) is 0 Å². The Bertz CT molecular complexity index is 999. The first-order chi connectivity index (χ1) is 13.5. The van der Waals surface area contributed by atoms with E-state index >= 15 is 0 Å². The lowest BCUT2D eigenvalue weighted by Gasteiger charge is -2.42. The van der Waals surface area contributed by atoms with Gasteiger partial charge in [0.05, 0.1) is 11.3 Å². The van der Waals surface area contributed by atoms with Crippen molar-refractivity contribution in [1.82, 2.24) is 0 Å². The molecule has 1 aliphatic carbocycles. The largest absolute Gasteiger partial charge is 0.478 e. The molecule has 152 valence electrons. The molecule has 1 aliphatic rings. The van der Waals surface area contributed by atoms with Gasteiger partial charge in [-0.05, 0) is 65.0 Å². The van der Waals surface area contributed by atoms with Crippen LogP contribution in [0.3, 0.4) is 0 Å². The number of allylic oxidation sites excluding steroid dienone is 1. The van der Waals surface area contributed by atoms with Crippen LogP contribution in [0.1, 0.15) is 74.5 Å². The molecule has 3 rings (SSSR count). The number of hydrogen-bond donors (Lipinski definition) is 2. The van der Waals surface area contributed by atoms with Gasteiger partial charge in [-0.1, -0.05) is 58.0 Å². The van der Waals surface area contributed by atoms with Crippen LogP contribution in [0.25, 0.3) is 5.57 Å². The molecular formula is C25H29NO3. The molecule has 0 spiro atoms. The molecule has 0 fully saturated rings. The molecule has 0 atom stereocenters. The number of anilines is 1. The van der Waals surface area contributed by atoms with Gasteiger partial charge in [-0.25, -0.2) is 4.79 Å². The van der Waals surface area contributed by atoms with Gasteiger partial charge in [0.25, 0.3) is 0 Å². The molecule has 1 amide bonds. The van der Waals surface area contributed by atoms with Crippen LogP contribution in [-0.4, -0.2) is 17.0 Å². The Hall–Kier alpha value is -2.88. The lowest BCUT2D eigenvalue weighted by molar-refractivity contribution is -0.111. The minimum atomic E-state index is -1.07. The molecule has 0 heterocycles. The van der Waals surface area contributed by atoms with E-state index in [1.54, 1.807) is 18.2 Å². The zero-order chi connectivity index (χ0) is 21.4. The Balaban J connectivity index is 1.89. The standard InChI is InChI=1S/C25H29NO3/c1-16(14-22(27)26-21-9-7-6-8-18(21)23(28)29)17-10-11-19-20(15-17)25(4,5)13-12-24(19,2)3/h6-11,14-15H,12-13H2,1-5H3,(H,26,27)(H,28,29). The second-order valence-electron chi connectivity index (χ2n) is 9.20. The average Bonchev–Trinajstić information content (AvgIpc) is 2.65. The van der Waals surface area contributed by atoms with E-state index in [0.717, 1.165) is 24.0 Å². The summed E-state index contributed by atoms with van der Waals surface area (Å²) in [5.41, 5.74) is 5.20. The van der Waals surface area contributed by atoms with Crippen molar-refractivity contribution in [3.8, 4) is 0 Å². The number of benzene rings is 2. The summed E-state index contributed by atoms with van der Waals surface area (Å²) in [4.78, 5) is 23.8. The van der Waals surface area contributed by atoms with Gasteiger partial charge in [0.15, 0.2) is 0 Å². The number of carbonyl (C=O) groups is 2. The highest BCUT2D eigenvalue weighted by molar-refractivity contribution is 6.07. The molecule has 0 saturated heterocycles. The number of fused-ring (bicyclic) bond motifs is 1. The molecule has 0 radical (unpaired) electrons. The van der Waals surface area contributed by atoms with Crippen molar-refractivity contribution in [2.75, 3.05) is 5.32 Å². The van der Waals surface area contributed by atoms with Crippen molar-refractivity contribution in [3.63, 3.8) is 0 Å². The SMILES string of the molecule is CC(=CC(=O)Nc1ccccc1C(=O)O)c1ccc2c(c1)C(C)(C)CCC2(C)C. The first-order valence-corrected chi connectivity index (χ1v) is 9.98. The van der Waals surface area contributed by atoms with E-state index in [1.165, 1.54) is 23.3 Å². The van der Waals surface area contributed by atoms with Crippen LogP contribution in [0.2, 0.25) is 0 Å². The maximum Gasteiger partial charge on any atom is 0.337 e. The number of nitrogens with one attached hydrogen (secondary N) is 1. The lowest BCUT2D eigenvalue weighted by atomic mass is 9.63. The second-order valence-corrected chi connectivity index (χ2v) is 9.20. The summed E-state index contributed by atoms with van der Waals surface area (Å²) < 4.78 is 0. The molecule has 0 bridgehead atoms. The molecule has 4 heteroatoms. The summed E-state index contributed by atoms with van der Waals surface area (Å²) in [5.74, 6) is -1.41. The van der Waals surface area contributed by atoms with E-state index in [1.807, 2.05) is 6.92 Å². The van der Waals surface area contributed by atoms with E-state index in [9.17, 15) is 14.7 Å². The number of carbonyl (C=O) groups excluding carboxylic acids is 1. The maximum absolute atomic E-state index is 12.5. The highest BCUT2D eigenvalue weighted by atomic mass is 16.4. The minimum Gasteiger partial charge on any atom is -0.478 e. The predicted octanol–water partition coefficient (Wildman–Crippen LogP) is 5.78. The zero-order valence-corrected chi connectivity index (χ0v) is 17.8. The molecule has 2 aromatic rings. The van der Waals surface area contributed by atoms with Gasteiger partial charge < -0.3 is 10.4 Å². The van der Waals surface area contributed by atoms with Crippen molar-refractivity contribution in [3.05, 3.63) is 70.8 Å². The number of hydrogen-bond acceptors (Lipinski definition) is 2. The molecule has 0 aromatic heterocycles. The predicted molar refractivity (Wildman–Crippen MR) is 117 cm³/mol. The summed E-state index contributed by atoms with van der Waals surface area (Å²) in [6.07, 6.45) is 3.82. The molecule has 0 aliphatic heterocycles. The van der Waals surface area contributed by atoms with Crippen molar-refractivity contribution in [2.45, 2.75) is 58.3 Å². The van der Waals surface area contributed by atoms with Crippen LogP contribution in [0.4, 0.5) is 5.69 Å². The van der Waals surface area contributed by atoms with Gasteiger partial charge in [0.2, 0.25) is 5.91 Å². The van der Waals surface area contributed by atoms with Crippen molar-refractivity contribution >= 4 is 23.1 Å². The molecule has 0 unspecified atom stereocenters. The Morgan fingerprint density at radius 1 is 0.966 bits per heavy atom. The van der Waals surface area contributed by atoms with Crippen LogP contribution in [-0.2, 0) is 15.6 Å². The van der Waals surface area contributed by atoms with Gasteiger partial charge in [-0.15, -0.1) is 0 Å². The topological polar surface area (TPSA) is 66.4 Å². The fourth-order valence-electron chi connectivity index (χ4n) is 4.06. The van der Waals surface area contributed by atoms with Crippen molar-refractivity contribution < 1.29 is 14.7 Å². The number of amides is 1. The van der Waals surface area contributed by atoms with E-state index in [0.29, 0.717) is 5.69 Å². The average molecular weight is 392 g/mol. The Morgan fingerprint density at radius 2 is 1.59 bits per heavy atom. The fourth-order valence-corrected chi connectivity index (χ4v) is 4.06. The smallest absolute Gasteiger partial charge is 0.337 e. The number of para-hydroxylation sites is 1. The molecule has 29 heavy (non-hydrogen) atoms. The van der Waals surface area contributed by atoms with E-state index < -0.39 is 5.97 Å². The summed E-state index contributed by atoms with van der Waals surface area (Å²) in [5, 5.41) is 12.0. The number of rotatable bonds is 4. The van der Waals surface area contributed by atoms with Crippen LogP contribution >= 0.6 is 0 Å². The number of carboxylic acid groups (broad SMARTS) is 1. The maximum atomic E-state index is 12.5. The highest BCUT2D eigenvalue weighted by Crippen LogP contribution is 2.46. The van der Waals surface area contributed by atoms with Gasteiger partial charge in [0.1, 0.15) is 0 Å². The summed E-state index contributed by atoms with van der Waals surface area (Å²) in [7, 11) is 0. The number of carboxylic acids is 1. The third-order valence-electron chi connectivity index (χ3n) is 6.07. The minimum absolute atomic E-state index is 0.0738. The lowest BCUT2D eigenvalue weighted by Crippen LogP contribution is -2.33. The monoisotopic (exact) mass is 391 g/mol. The third-order valence-corrected chi connectivity index (χ3v) is 6.07. The van der Waals surface area contributed by atoms with Gasteiger partial charge >= 0.3 is 5.97 Å². The van der Waals surface area contributed by atoms with Gasteiger partial charge in [0, 0.05) is 6.08 Å². The van der Waals surface area contributed by atoms with Crippen molar-refractivity contribution in [1.29, 1.82) is 0 Å². The first-order valence-electron chi connectivity index (χ1n) is 9.98. The van der Waals surface area contributed by atoms with Crippen LogP contribution in [0.5, 0.6) is 0 Å². The second kappa shape index (κ2) is 7.51. The van der Waals surface area contributed by atoms with Gasteiger partial charge in [-0.3, -0.25) is 4.79 Å². The highest BCUT2D eigenvalue weighted by Gasteiger charge is 2.36. The quantitative estimate of drug-likeness (QED) is 0.650. The Labute approximate surface area is 172 Å². The van der Waals surface area contributed by atoms with Crippen LogP contribution < -0.4 is 5.32 Å². The fraction of sp³-hybridized carbons (Fsp3) is 0.360. The molecule has 4 nitrogen and oxygen atoms in total. The van der Waals surface area contributed by atoms with Gasteiger partial charge in [-0.2, -0.15) is 0 Å². The summed E-state index contributed by atoms with van der Waals surface area (Å²) >= 11 is 0. The van der Waals surface area contributed by atoms with E-state index in [4.69, 9.17) is 0 Å². The van der Waals surface area contributed by atoms with E-state index in [2.05, 4.69) is 51.2 Å². The number of aromatic carboxylic acids is 1. The van der Waals surface area contributed by atoms with Crippen LogP contribution in [0.15, 0.2) is 48.5 Å². The molecule has 0 saturated carbocycles. The summed E-state index contributed by atoms with van der Waals surface area (Å²) in [6.45, 7) is 11.0. The van der Waals surface area contributed by atoms with Crippen molar-refractivity contribution in [2.24, 2.45) is 0 Å². The molecule has 2 N–H and O–H groups in total. The third kappa shape index (κ3) is 4.26. The first kappa shape index (κ1) is 20.8. The molecule has 2 aromatic carbocycles. The Kier molecular flexibility index (Phi) is 5.40. The summed E-state index contributed by atoms with van der Waals surface area (Å²) in [6, 6.07) is 12.9. The Morgan fingerprint density at radius 3 is 2.24 bits per heavy atom. The van der Waals surface area contributed by atoms with E-state index in [-0.39, 0.29) is 22.3 Å².